The van der Waals surface area contributed by atoms with Crippen LogP contribution in [0.1, 0.15) is 23.2 Å². The maximum Gasteiger partial charge on any atom is 0.252 e. The van der Waals surface area contributed by atoms with Crippen LogP contribution in [0.3, 0.4) is 0 Å². The molecule has 0 aliphatic heterocycles. The molecule has 0 atom stereocenters. The van der Waals surface area contributed by atoms with E-state index in [1.54, 1.807) is 0 Å². The second-order valence-electron chi connectivity index (χ2n) is 3.50. The van der Waals surface area contributed by atoms with E-state index in [9.17, 15) is 9.18 Å². The van der Waals surface area contributed by atoms with Gasteiger partial charge in [-0.05, 0) is 31.5 Å². The van der Waals surface area contributed by atoms with Crippen LogP contribution in [0.25, 0.3) is 0 Å². The van der Waals surface area contributed by atoms with Gasteiger partial charge in [0, 0.05) is 6.54 Å². The highest BCUT2D eigenvalue weighted by molar-refractivity contribution is 6.36. The van der Waals surface area contributed by atoms with Crippen LogP contribution in [0.4, 0.5) is 4.39 Å². The number of hydrogen-bond donors (Lipinski definition) is 2. The zero-order valence-corrected chi connectivity index (χ0v) is 10.6. The summed E-state index contributed by atoms with van der Waals surface area (Å²) in [6.45, 7) is 1.06. The second-order valence-corrected chi connectivity index (χ2v) is 4.31. The fourth-order valence-electron chi connectivity index (χ4n) is 1.26. The zero-order chi connectivity index (χ0) is 12.8. The molecule has 1 aromatic carbocycles. The van der Waals surface area contributed by atoms with Gasteiger partial charge in [-0.15, -0.1) is 0 Å². The van der Waals surface area contributed by atoms with Crippen LogP contribution in [-0.2, 0) is 0 Å². The summed E-state index contributed by atoms with van der Waals surface area (Å²) in [6, 6.07) is 2.25. The number of halogens is 3. The Hall–Kier alpha value is -0.840. The van der Waals surface area contributed by atoms with Crippen LogP contribution in [0.5, 0.6) is 0 Å². The van der Waals surface area contributed by atoms with Crippen LogP contribution in [0.2, 0.25) is 10.0 Å². The number of carbonyl (C=O) groups excluding carboxylic acids is 1. The maximum absolute atomic E-state index is 13.2. The lowest BCUT2D eigenvalue weighted by Crippen LogP contribution is -2.25. The van der Waals surface area contributed by atoms with E-state index in [1.807, 2.05) is 0 Å². The molecule has 3 nitrogen and oxygen atoms in total. The first kappa shape index (κ1) is 14.2. The lowest BCUT2D eigenvalue weighted by molar-refractivity contribution is 0.0953. The van der Waals surface area contributed by atoms with E-state index in [1.165, 1.54) is 6.07 Å². The average molecular weight is 279 g/mol. The summed E-state index contributed by atoms with van der Waals surface area (Å²) in [5.41, 5.74) is 5.40. The summed E-state index contributed by atoms with van der Waals surface area (Å²) in [6.07, 6.45) is 1.60. The Morgan fingerprint density at radius 2 is 2.00 bits per heavy atom. The van der Waals surface area contributed by atoms with Gasteiger partial charge < -0.3 is 11.1 Å². The van der Waals surface area contributed by atoms with Crippen molar-refractivity contribution in [3.63, 3.8) is 0 Å². The molecule has 1 rings (SSSR count). The molecule has 0 aromatic heterocycles. The fourth-order valence-corrected chi connectivity index (χ4v) is 1.73. The molecule has 94 valence electrons. The van der Waals surface area contributed by atoms with E-state index in [4.69, 9.17) is 28.9 Å². The summed E-state index contributed by atoms with van der Waals surface area (Å²) in [7, 11) is 0. The van der Waals surface area contributed by atoms with Crippen LogP contribution in [-0.4, -0.2) is 19.0 Å². The molecule has 0 unspecified atom stereocenters. The lowest BCUT2D eigenvalue weighted by Gasteiger charge is -2.07. The highest BCUT2D eigenvalue weighted by Crippen LogP contribution is 2.24. The number of amides is 1. The maximum atomic E-state index is 13.2. The Balaban J connectivity index is 2.66. The third-order valence-corrected chi connectivity index (χ3v) is 2.77. The summed E-state index contributed by atoms with van der Waals surface area (Å²) in [5, 5.41) is 2.66. The van der Waals surface area contributed by atoms with Gasteiger partial charge in [0.05, 0.1) is 15.6 Å². The van der Waals surface area contributed by atoms with Gasteiger partial charge in [0.15, 0.2) is 0 Å². The molecule has 3 N–H and O–H groups in total. The Labute approximate surface area is 109 Å². The highest BCUT2D eigenvalue weighted by Gasteiger charge is 2.13. The molecule has 0 heterocycles. The van der Waals surface area contributed by atoms with Crippen molar-refractivity contribution in [3.8, 4) is 0 Å². The number of hydrogen-bond acceptors (Lipinski definition) is 2. The first-order chi connectivity index (χ1) is 8.06. The lowest BCUT2D eigenvalue weighted by atomic mass is 10.2. The van der Waals surface area contributed by atoms with Crippen molar-refractivity contribution in [3.05, 3.63) is 33.6 Å². The van der Waals surface area contributed by atoms with Crippen molar-refractivity contribution in [2.24, 2.45) is 5.73 Å². The standard InChI is InChI=1S/C11H13Cl2FN2O/c12-8-6-9(13)10(14)5-7(8)11(17)16-4-2-1-3-15/h5-6H,1-4,15H2,(H,16,17). The van der Waals surface area contributed by atoms with E-state index in [0.717, 1.165) is 18.9 Å². The van der Waals surface area contributed by atoms with Crippen LogP contribution in [0.15, 0.2) is 12.1 Å². The van der Waals surface area contributed by atoms with Gasteiger partial charge in [-0.25, -0.2) is 4.39 Å². The molecule has 1 aromatic rings. The molecular weight excluding hydrogens is 266 g/mol. The minimum absolute atomic E-state index is 0.0846. The molecule has 0 spiro atoms. The Morgan fingerprint density at radius 1 is 1.29 bits per heavy atom. The van der Waals surface area contributed by atoms with Gasteiger partial charge in [0.25, 0.3) is 5.91 Å². The topological polar surface area (TPSA) is 55.1 Å². The number of benzene rings is 1. The molecule has 0 fully saturated rings. The first-order valence-electron chi connectivity index (χ1n) is 5.19. The van der Waals surface area contributed by atoms with Crippen LogP contribution >= 0.6 is 23.2 Å². The van der Waals surface area contributed by atoms with Crippen LogP contribution < -0.4 is 11.1 Å². The molecule has 0 saturated carbocycles. The Kier molecular flexibility index (Phi) is 5.68. The van der Waals surface area contributed by atoms with Crippen molar-refractivity contribution in [2.75, 3.05) is 13.1 Å². The zero-order valence-electron chi connectivity index (χ0n) is 9.10. The minimum Gasteiger partial charge on any atom is -0.352 e. The third-order valence-electron chi connectivity index (χ3n) is 2.17. The Bertz CT molecular complexity index is 413. The summed E-state index contributed by atoms with van der Waals surface area (Å²) in [4.78, 5) is 11.7. The van der Waals surface area contributed by atoms with Crippen molar-refractivity contribution >= 4 is 29.1 Å². The molecule has 6 heteroatoms. The molecule has 0 aliphatic carbocycles. The molecule has 0 bridgehead atoms. The SMILES string of the molecule is NCCCCNC(=O)c1cc(F)c(Cl)cc1Cl. The molecule has 0 saturated heterocycles. The fraction of sp³-hybridized carbons (Fsp3) is 0.364. The first-order valence-corrected chi connectivity index (χ1v) is 5.94. The number of unbranched alkanes of at least 4 members (excludes halogenated alkanes) is 1. The van der Waals surface area contributed by atoms with E-state index in [2.05, 4.69) is 5.32 Å². The number of rotatable bonds is 5. The van der Waals surface area contributed by atoms with Gasteiger partial charge in [0.2, 0.25) is 0 Å². The van der Waals surface area contributed by atoms with Gasteiger partial charge in [-0.1, -0.05) is 23.2 Å². The normalized spacial score (nSPS) is 10.4. The van der Waals surface area contributed by atoms with Gasteiger partial charge in [-0.2, -0.15) is 0 Å². The van der Waals surface area contributed by atoms with E-state index < -0.39 is 11.7 Å². The monoisotopic (exact) mass is 278 g/mol. The second kappa shape index (κ2) is 6.79. The molecular formula is C11H13Cl2FN2O. The van der Waals surface area contributed by atoms with Crippen molar-refractivity contribution < 1.29 is 9.18 Å². The van der Waals surface area contributed by atoms with Gasteiger partial charge in [-0.3, -0.25) is 4.79 Å². The largest absolute Gasteiger partial charge is 0.352 e. The molecule has 0 aliphatic rings. The van der Waals surface area contributed by atoms with Gasteiger partial charge >= 0.3 is 0 Å². The molecule has 0 radical (unpaired) electrons. The minimum atomic E-state index is -0.664. The van der Waals surface area contributed by atoms with E-state index in [-0.39, 0.29) is 15.6 Å². The average Bonchev–Trinajstić information content (AvgIpc) is 2.29. The smallest absolute Gasteiger partial charge is 0.252 e. The van der Waals surface area contributed by atoms with Crippen molar-refractivity contribution in [2.45, 2.75) is 12.8 Å². The van der Waals surface area contributed by atoms with E-state index in [0.29, 0.717) is 13.1 Å². The molecule has 17 heavy (non-hydrogen) atoms. The Morgan fingerprint density at radius 3 is 2.65 bits per heavy atom. The quantitative estimate of drug-likeness (QED) is 0.643. The van der Waals surface area contributed by atoms with Crippen molar-refractivity contribution in [1.29, 1.82) is 0 Å². The summed E-state index contributed by atoms with van der Waals surface area (Å²) in [5.74, 6) is -1.08. The molecule has 1 amide bonds. The van der Waals surface area contributed by atoms with Crippen LogP contribution in [0, 0.1) is 5.82 Å². The van der Waals surface area contributed by atoms with Gasteiger partial charge in [0.1, 0.15) is 5.82 Å². The predicted molar refractivity (Wildman–Crippen MR) is 67.0 cm³/mol. The number of nitrogens with one attached hydrogen (secondary N) is 1. The van der Waals surface area contributed by atoms with Crippen molar-refractivity contribution in [1.82, 2.24) is 5.32 Å². The summed E-state index contributed by atoms with van der Waals surface area (Å²) >= 11 is 11.3. The predicted octanol–water partition coefficient (Wildman–Crippen LogP) is 2.60. The number of carbonyl (C=O) groups is 1. The summed E-state index contributed by atoms with van der Waals surface area (Å²) < 4.78 is 13.2. The highest BCUT2D eigenvalue weighted by atomic mass is 35.5. The number of nitrogens with two attached hydrogens (primary N) is 1. The third kappa shape index (κ3) is 4.15. The van der Waals surface area contributed by atoms with E-state index >= 15 is 0 Å².